The van der Waals surface area contributed by atoms with Crippen LogP contribution in [0.2, 0.25) is 0 Å². The SMILES string of the molecule is CC/C=c1/[nH]nc(-c2ccc(C)nc2)c1=C(C)C. The maximum atomic E-state index is 4.44. The Kier molecular flexibility index (Phi) is 3.60. The molecule has 1 N–H and O–H groups in total. The van der Waals surface area contributed by atoms with Gasteiger partial charge in [-0.1, -0.05) is 18.6 Å². The summed E-state index contributed by atoms with van der Waals surface area (Å²) in [6.07, 6.45) is 5.04. The van der Waals surface area contributed by atoms with E-state index >= 15 is 0 Å². The summed E-state index contributed by atoms with van der Waals surface area (Å²) < 4.78 is 0. The number of hydrogen-bond donors (Lipinski definition) is 1. The lowest BCUT2D eigenvalue weighted by atomic mass is 10.1. The molecule has 18 heavy (non-hydrogen) atoms. The van der Waals surface area contributed by atoms with Gasteiger partial charge in [-0.25, -0.2) is 0 Å². The number of H-pyrrole nitrogens is 1. The van der Waals surface area contributed by atoms with Gasteiger partial charge in [0.05, 0.1) is 5.35 Å². The average molecular weight is 241 g/mol. The van der Waals surface area contributed by atoms with E-state index in [4.69, 9.17) is 0 Å². The second-order valence-corrected chi connectivity index (χ2v) is 4.66. The summed E-state index contributed by atoms with van der Waals surface area (Å²) in [5, 5.41) is 9.86. The molecule has 94 valence electrons. The molecule has 0 bridgehead atoms. The summed E-state index contributed by atoms with van der Waals surface area (Å²) in [7, 11) is 0. The smallest absolute Gasteiger partial charge is 0.101 e. The fourth-order valence-corrected chi connectivity index (χ4v) is 2.03. The van der Waals surface area contributed by atoms with Gasteiger partial charge in [0.1, 0.15) is 5.69 Å². The molecular weight excluding hydrogens is 222 g/mol. The third-order valence-electron chi connectivity index (χ3n) is 2.89. The molecule has 0 aliphatic carbocycles. The van der Waals surface area contributed by atoms with E-state index in [0.29, 0.717) is 0 Å². The van der Waals surface area contributed by atoms with Crippen LogP contribution < -0.4 is 10.6 Å². The maximum Gasteiger partial charge on any atom is 0.101 e. The first-order valence-corrected chi connectivity index (χ1v) is 6.28. The summed E-state index contributed by atoms with van der Waals surface area (Å²) in [6, 6.07) is 4.09. The summed E-state index contributed by atoms with van der Waals surface area (Å²) in [5.41, 5.74) is 4.33. The number of aryl methyl sites for hydroxylation is 1. The molecule has 0 amide bonds. The molecule has 0 atom stereocenters. The number of aromatic amines is 1. The number of aromatic nitrogens is 3. The lowest BCUT2D eigenvalue weighted by Gasteiger charge is -1.98. The van der Waals surface area contributed by atoms with Crippen molar-refractivity contribution in [2.45, 2.75) is 34.1 Å². The predicted octanol–water partition coefficient (Wildman–Crippen LogP) is 2.16. The van der Waals surface area contributed by atoms with Crippen LogP contribution in [0, 0.1) is 6.92 Å². The third kappa shape index (κ3) is 2.35. The molecule has 0 aliphatic rings. The van der Waals surface area contributed by atoms with Gasteiger partial charge in [-0.15, -0.1) is 0 Å². The molecule has 0 aromatic carbocycles. The largest absolute Gasteiger partial charge is 0.278 e. The van der Waals surface area contributed by atoms with E-state index in [0.717, 1.165) is 28.7 Å². The topological polar surface area (TPSA) is 41.6 Å². The van der Waals surface area contributed by atoms with Crippen molar-refractivity contribution < 1.29 is 0 Å². The quantitative estimate of drug-likeness (QED) is 0.875. The van der Waals surface area contributed by atoms with Crippen LogP contribution in [0.4, 0.5) is 0 Å². The molecule has 2 aromatic rings. The first-order valence-electron chi connectivity index (χ1n) is 6.28. The highest BCUT2D eigenvalue weighted by atomic mass is 15.1. The van der Waals surface area contributed by atoms with E-state index < -0.39 is 0 Å². The monoisotopic (exact) mass is 241 g/mol. The van der Waals surface area contributed by atoms with Crippen LogP contribution >= 0.6 is 0 Å². The highest BCUT2D eigenvalue weighted by Crippen LogP contribution is 2.11. The van der Waals surface area contributed by atoms with Gasteiger partial charge >= 0.3 is 0 Å². The van der Waals surface area contributed by atoms with Crippen LogP contribution in [0.5, 0.6) is 0 Å². The Labute approximate surface area is 107 Å². The van der Waals surface area contributed by atoms with Crippen molar-refractivity contribution >= 4 is 11.6 Å². The van der Waals surface area contributed by atoms with E-state index in [2.05, 4.69) is 48.1 Å². The summed E-state index contributed by atoms with van der Waals surface area (Å²) in [5.74, 6) is 0. The molecule has 0 unspecified atom stereocenters. The molecule has 0 saturated carbocycles. The molecule has 0 spiro atoms. The molecular formula is C15H19N3. The Bertz CT molecular complexity index is 644. The van der Waals surface area contributed by atoms with Gasteiger partial charge in [0, 0.05) is 22.7 Å². The lowest BCUT2D eigenvalue weighted by Crippen LogP contribution is -2.25. The fourth-order valence-electron chi connectivity index (χ4n) is 2.03. The molecule has 3 nitrogen and oxygen atoms in total. The van der Waals surface area contributed by atoms with Crippen molar-refractivity contribution in [1.29, 1.82) is 0 Å². The molecule has 3 heteroatoms. The number of nitrogens with one attached hydrogen (secondary N) is 1. The number of hydrogen-bond acceptors (Lipinski definition) is 2. The molecule has 0 aliphatic heterocycles. The molecule has 0 radical (unpaired) electrons. The Morgan fingerprint density at radius 3 is 2.67 bits per heavy atom. The van der Waals surface area contributed by atoms with Crippen LogP contribution in [0.3, 0.4) is 0 Å². The Morgan fingerprint density at radius 1 is 1.33 bits per heavy atom. The third-order valence-corrected chi connectivity index (χ3v) is 2.89. The minimum Gasteiger partial charge on any atom is -0.278 e. The Balaban J connectivity index is 2.71. The number of pyridine rings is 1. The summed E-state index contributed by atoms with van der Waals surface area (Å²) >= 11 is 0. The highest BCUT2D eigenvalue weighted by molar-refractivity contribution is 5.62. The number of nitrogens with zero attached hydrogens (tertiary/aromatic N) is 2. The maximum absolute atomic E-state index is 4.44. The molecule has 2 rings (SSSR count). The van der Waals surface area contributed by atoms with Crippen LogP contribution in [-0.2, 0) is 0 Å². The molecule has 0 saturated heterocycles. The molecule has 0 fully saturated rings. The van der Waals surface area contributed by atoms with Crippen LogP contribution in [0.1, 0.15) is 32.9 Å². The summed E-state index contributed by atoms with van der Waals surface area (Å²) in [4.78, 5) is 4.34. The van der Waals surface area contributed by atoms with Gasteiger partial charge < -0.3 is 0 Å². The zero-order valence-corrected chi connectivity index (χ0v) is 11.4. The van der Waals surface area contributed by atoms with Crippen molar-refractivity contribution in [2.24, 2.45) is 0 Å². The second-order valence-electron chi connectivity index (χ2n) is 4.66. The second kappa shape index (κ2) is 5.17. The van der Waals surface area contributed by atoms with Crippen LogP contribution in [0.25, 0.3) is 22.9 Å². The van der Waals surface area contributed by atoms with Crippen molar-refractivity contribution in [3.05, 3.63) is 34.6 Å². The van der Waals surface area contributed by atoms with Gasteiger partial charge in [0.25, 0.3) is 0 Å². The van der Waals surface area contributed by atoms with Gasteiger partial charge in [-0.05, 0) is 39.3 Å². The minimum absolute atomic E-state index is 0.988. The van der Waals surface area contributed by atoms with E-state index in [9.17, 15) is 0 Å². The molecule has 2 heterocycles. The van der Waals surface area contributed by atoms with Gasteiger partial charge in [-0.3, -0.25) is 10.1 Å². The summed E-state index contributed by atoms with van der Waals surface area (Å²) in [6.45, 7) is 8.34. The van der Waals surface area contributed by atoms with E-state index in [1.807, 2.05) is 19.2 Å². The zero-order chi connectivity index (χ0) is 13.1. The van der Waals surface area contributed by atoms with Crippen LogP contribution in [0.15, 0.2) is 18.3 Å². The zero-order valence-electron chi connectivity index (χ0n) is 11.4. The fraction of sp³-hybridized carbons (Fsp3) is 0.333. The first kappa shape index (κ1) is 12.6. The normalized spacial score (nSPS) is 11.9. The van der Waals surface area contributed by atoms with Crippen molar-refractivity contribution in [1.82, 2.24) is 15.2 Å². The lowest BCUT2D eigenvalue weighted by molar-refractivity contribution is 1.05. The predicted molar refractivity (Wildman–Crippen MR) is 75.3 cm³/mol. The van der Waals surface area contributed by atoms with Gasteiger partial charge in [0.2, 0.25) is 0 Å². The standard InChI is InChI=1S/C15H19N3/c1-5-6-13-14(10(2)3)15(18-17-13)12-8-7-11(4)16-9-12/h6-9,17H,5H2,1-4H3/b13-6+. The van der Waals surface area contributed by atoms with Crippen LogP contribution in [-0.4, -0.2) is 15.2 Å². The Hall–Kier alpha value is -1.90. The van der Waals surface area contributed by atoms with Gasteiger partial charge in [-0.2, -0.15) is 5.10 Å². The van der Waals surface area contributed by atoms with Crippen molar-refractivity contribution in [3.8, 4) is 11.3 Å². The average Bonchev–Trinajstić information content (AvgIpc) is 2.74. The van der Waals surface area contributed by atoms with E-state index in [1.54, 1.807) is 0 Å². The molecule has 2 aromatic heterocycles. The number of rotatable bonds is 2. The highest BCUT2D eigenvalue weighted by Gasteiger charge is 2.06. The Morgan fingerprint density at radius 2 is 2.11 bits per heavy atom. The van der Waals surface area contributed by atoms with Gasteiger partial charge in [0.15, 0.2) is 0 Å². The van der Waals surface area contributed by atoms with E-state index in [-0.39, 0.29) is 0 Å². The minimum atomic E-state index is 0.988. The van der Waals surface area contributed by atoms with E-state index in [1.165, 1.54) is 10.8 Å². The van der Waals surface area contributed by atoms with Crippen molar-refractivity contribution in [3.63, 3.8) is 0 Å². The first-order chi connectivity index (χ1) is 8.63. The van der Waals surface area contributed by atoms with Crippen molar-refractivity contribution in [2.75, 3.05) is 0 Å².